The van der Waals surface area contributed by atoms with Gasteiger partial charge in [-0.3, -0.25) is 9.58 Å². The molecule has 6 heteroatoms. The van der Waals surface area contributed by atoms with Crippen molar-refractivity contribution in [3.05, 3.63) is 40.8 Å². The maximum Gasteiger partial charge on any atom is 0.144 e. The molecule has 2 aromatic rings. The summed E-state index contributed by atoms with van der Waals surface area (Å²) in [5.74, 6) is 1.15. The van der Waals surface area contributed by atoms with Crippen LogP contribution in [0.2, 0.25) is 0 Å². The second-order valence-electron chi connectivity index (χ2n) is 7.00. The van der Waals surface area contributed by atoms with E-state index in [1.807, 2.05) is 37.8 Å². The molecule has 1 aliphatic heterocycles. The van der Waals surface area contributed by atoms with Crippen LogP contribution in [0.3, 0.4) is 0 Å². The zero-order valence-electron chi connectivity index (χ0n) is 15.5. The molecule has 1 fully saturated rings. The van der Waals surface area contributed by atoms with Gasteiger partial charge >= 0.3 is 0 Å². The van der Waals surface area contributed by atoms with E-state index in [2.05, 4.69) is 39.5 Å². The second-order valence-corrected chi connectivity index (χ2v) is 7.00. The summed E-state index contributed by atoms with van der Waals surface area (Å²) in [4.78, 5) is 6.96. The molecule has 0 radical (unpaired) electrons. The Morgan fingerprint density at radius 2 is 2.16 bits per heavy atom. The molecule has 0 unspecified atom stereocenters. The highest BCUT2D eigenvalue weighted by molar-refractivity contribution is 5.56. The summed E-state index contributed by atoms with van der Waals surface area (Å²) in [5.41, 5.74) is 3.79. The topological polar surface area (TPSA) is 69.8 Å². The number of nitriles is 1. The Hall–Kier alpha value is -2.39. The van der Waals surface area contributed by atoms with E-state index in [0.29, 0.717) is 23.3 Å². The molecule has 0 bridgehead atoms. The summed E-state index contributed by atoms with van der Waals surface area (Å²) >= 11 is 0. The third-order valence-electron chi connectivity index (χ3n) is 5.16. The third kappa shape index (κ3) is 3.52. The van der Waals surface area contributed by atoms with Crippen LogP contribution in [0, 0.1) is 31.1 Å². The molecule has 132 valence electrons. The number of nitrogens with zero attached hydrogens (tertiary/aromatic N) is 5. The molecule has 25 heavy (non-hydrogen) atoms. The van der Waals surface area contributed by atoms with Gasteiger partial charge in [0.15, 0.2) is 0 Å². The average molecular weight is 338 g/mol. The van der Waals surface area contributed by atoms with E-state index in [1.165, 1.54) is 12.1 Å². The van der Waals surface area contributed by atoms with Gasteiger partial charge in [-0.25, -0.2) is 4.98 Å². The average Bonchev–Trinajstić information content (AvgIpc) is 2.98. The largest absolute Gasteiger partial charge is 0.369 e. The summed E-state index contributed by atoms with van der Waals surface area (Å²) in [5, 5.41) is 17.3. The lowest BCUT2D eigenvalue weighted by Crippen LogP contribution is -2.40. The molecule has 3 heterocycles. The molecule has 1 saturated heterocycles. The summed E-state index contributed by atoms with van der Waals surface area (Å²) < 4.78 is 1.97. The Morgan fingerprint density at radius 1 is 1.36 bits per heavy atom. The highest BCUT2D eigenvalue weighted by Gasteiger charge is 2.32. The number of aromatic nitrogens is 3. The Kier molecular flexibility index (Phi) is 5.05. The van der Waals surface area contributed by atoms with Gasteiger partial charge < -0.3 is 5.32 Å². The highest BCUT2D eigenvalue weighted by atomic mass is 15.3. The minimum absolute atomic E-state index is 0.324. The van der Waals surface area contributed by atoms with Crippen molar-refractivity contribution in [2.75, 3.05) is 25.5 Å². The van der Waals surface area contributed by atoms with Gasteiger partial charge in [0.1, 0.15) is 11.9 Å². The molecule has 1 aliphatic rings. The molecule has 0 spiro atoms. The lowest BCUT2D eigenvalue weighted by molar-refractivity contribution is 0.121. The van der Waals surface area contributed by atoms with Crippen molar-refractivity contribution < 1.29 is 0 Å². The fourth-order valence-corrected chi connectivity index (χ4v) is 3.95. The lowest BCUT2D eigenvalue weighted by atomic mass is 9.87. The molecular weight excluding hydrogens is 312 g/mol. The van der Waals surface area contributed by atoms with Crippen molar-refractivity contribution in [1.29, 1.82) is 5.26 Å². The van der Waals surface area contributed by atoms with Gasteiger partial charge in [-0.05, 0) is 63.9 Å². The number of nitrogens with one attached hydrogen (secondary N) is 1. The molecule has 0 aromatic carbocycles. The van der Waals surface area contributed by atoms with E-state index >= 15 is 0 Å². The normalized spacial score (nSPS) is 21.1. The van der Waals surface area contributed by atoms with Crippen LogP contribution in [0.5, 0.6) is 0 Å². The minimum atomic E-state index is 0.324. The van der Waals surface area contributed by atoms with E-state index in [1.54, 1.807) is 0 Å². The second kappa shape index (κ2) is 7.24. The van der Waals surface area contributed by atoms with E-state index in [9.17, 15) is 5.26 Å². The van der Waals surface area contributed by atoms with Crippen LogP contribution in [-0.4, -0.2) is 39.8 Å². The number of rotatable bonds is 4. The molecular formula is C19H26N6. The van der Waals surface area contributed by atoms with Gasteiger partial charge in [0, 0.05) is 25.5 Å². The number of anilines is 1. The van der Waals surface area contributed by atoms with Crippen molar-refractivity contribution in [1.82, 2.24) is 19.7 Å². The van der Waals surface area contributed by atoms with Gasteiger partial charge in [0.2, 0.25) is 0 Å². The number of piperidine rings is 1. The highest BCUT2D eigenvalue weighted by Crippen LogP contribution is 2.35. The zero-order chi connectivity index (χ0) is 18.0. The quantitative estimate of drug-likeness (QED) is 0.928. The molecule has 3 rings (SSSR count). The first kappa shape index (κ1) is 17.4. The third-order valence-corrected chi connectivity index (χ3v) is 5.16. The predicted octanol–water partition coefficient (Wildman–Crippen LogP) is 2.80. The first-order valence-electron chi connectivity index (χ1n) is 8.81. The van der Waals surface area contributed by atoms with E-state index in [-0.39, 0.29) is 0 Å². The fourth-order valence-electron chi connectivity index (χ4n) is 3.95. The number of hydrogen-bond donors (Lipinski definition) is 1. The van der Waals surface area contributed by atoms with Gasteiger partial charge in [0.05, 0.1) is 17.3 Å². The maximum atomic E-state index is 9.46. The van der Waals surface area contributed by atoms with Gasteiger partial charge in [0.25, 0.3) is 0 Å². The maximum absolute atomic E-state index is 9.46. The Balaban J connectivity index is 1.82. The smallest absolute Gasteiger partial charge is 0.144 e. The van der Waals surface area contributed by atoms with Crippen molar-refractivity contribution in [2.45, 2.75) is 32.7 Å². The molecule has 2 aromatic heterocycles. The summed E-state index contributed by atoms with van der Waals surface area (Å²) in [6.07, 6.45) is 4.20. The molecule has 2 atom stereocenters. The van der Waals surface area contributed by atoms with Crippen molar-refractivity contribution >= 4 is 5.82 Å². The zero-order valence-corrected chi connectivity index (χ0v) is 15.5. The van der Waals surface area contributed by atoms with Crippen LogP contribution in [0.4, 0.5) is 5.82 Å². The molecule has 0 aliphatic carbocycles. The van der Waals surface area contributed by atoms with Crippen LogP contribution < -0.4 is 5.32 Å². The van der Waals surface area contributed by atoms with Crippen LogP contribution in [-0.2, 0) is 7.05 Å². The molecule has 0 amide bonds. The minimum Gasteiger partial charge on any atom is -0.369 e. The van der Waals surface area contributed by atoms with Crippen LogP contribution in [0.15, 0.2) is 18.3 Å². The van der Waals surface area contributed by atoms with Crippen molar-refractivity contribution in [2.24, 2.45) is 13.0 Å². The Labute approximate surface area is 149 Å². The molecule has 1 N–H and O–H groups in total. The predicted molar refractivity (Wildman–Crippen MR) is 98.2 cm³/mol. The Bertz CT molecular complexity index is 788. The first-order valence-corrected chi connectivity index (χ1v) is 8.81. The monoisotopic (exact) mass is 338 g/mol. The molecule has 0 saturated carbocycles. The number of likely N-dealkylation sites (tertiary alicyclic amines) is 1. The van der Waals surface area contributed by atoms with Crippen LogP contribution in [0.1, 0.15) is 41.4 Å². The van der Waals surface area contributed by atoms with Crippen LogP contribution >= 0.6 is 0 Å². The van der Waals surface area contributed by atoms with Crippen LogP contribution in [0.25, 0.3) is 0 Å². The van der Waals surface area contributed by atoms with Gasteiger partial charge in [-0.2, -0.15) is 10.4 Å². The van der Waals surface area contributed by atoms with Crippen molar-refractivity contribution in [3.63, 3.8) is 0 Å². The number of hydrogen-bond acceptors (Lipinski definition) is 5. The van der Waals surface area contributed by atoms with E-state index < -0.39 is 0 Å². The molecule has 6 nitrogen and oxygen atoms in total. The van der Waals surface area contributed by atoms with E-state index in [0.717, 1.165) is 30.8 Å². The first-order chi connectivity index (χ1) is 12.0. The summed E-state index contributed by atoms with van der Waals surface area (Å²) in [6, 6.07) is 6.67. The fraction of sp³-hybridized carbons (Fsp3) is 0.526. The summed E-state index contributed by atoms with van der Waals surface area (Å²) in [6.45, 7) is 5.82. The standard InChI is InChI=1S/C19H26N6/c1-13-10-14(2)23-19(16(13)11-20)21-12-15-6-5-9-24(3)18(15)17-7-8-22-25(17)4/h7-8,10,15,18H,5-6,9,12H2,1-4H3,(H,21,23)/t15-,18+/m0/s1. The number of pyridine rings is 1. The van der Waals surface area contributed by atoms with Gasteiger partial charge in [-0.1, -0.05) is 0 Å². The van der Waals surface area contributed by atoms with Gasteiger partial charge in [-0.15, -0.1) is 0 Å². The Morgan fingerprint density at radius 3 is 2.84 bits per heavy atom. The number of aryl methyl sites for hydroxylation is 3. The lowest BCUT2D eigenvalue weighted by Gasteiger charge is -2.39. The van der Waals surface area contributed by atoms with Crippen molar-refractivity contribution in [3.8, 4) is 6.07 Å². The SMILES string of the molecule is Cc1cc(C)c(C#N)c(NC[C@@H]2CCCN(C)[C@H]2c2ccnn2C)n1. The summed E-state index contributed by atoms with van der Waals surface area (Å²) in [7, 11) is 4.18. The van der Waals surface area contributed by atoms with E-state index in [4.69, 9.17) is 0 Å².